The van der Waals surface area contributed by atoms with E-state index < -0.39 is 5.41 Å². The highest BCUT2D eigenvalue weighted by Gasteiger charge is 2.58. The molecule has 5 atom stereocenters. The van der Waals surface area contributed by atoms with Gasteiger partial charge in [0.15, 0.2) is 0 Å². The maximum atomic E-state index is 13.4. The Morgan fingerprint density at radius 2 is 1.88 bits per heavy atom. The third-order valence-electron chi connectivity index (χ3n) is 7.30. The zero-order valence-electron chi connectivity index (χ0n) is 19.4. The fourth-order valence-corrected chi connectivity index (χ4v) is 6.65. The van der Waals surface area contributed by atoms with E-state index in [4.69, 9.17) is 32.7 Å². The lowest BCUT2D eigenvalue weighted by molar-refractivity contribution is -0.127. The van der Waals surface area contributed by atoms with Gasteiger partial charge in [-0.3, -0.25) is 4.79 Å². The van der Waals surface area contributed by atoms with Crippen LogP contribution in [0.1, 0.15) is 41.9 Å². The smallest absolute Gasteiger partial charge is 0.230 e. The number of carbonyl (C=O) groups excluding carboxylic acids is 1. The fraction of sp³-hybridized carbons (Fsp3) is 0.444. The quantitative estimate of drug-likeness (QED) is 0.151. The van der Waals surface area contributed by atoms with E-state index in [0.29, 0.717) is 29.9 Å². The van der Waals surface area contributed by atoms with Crippen LogP contribution in [0, 0.1) is 11.3 Å². The molecular formula is C27H30Cl2INO3. The highest BCUT2D eigenvalue weighted by atomic mass is 127. The van der Waals surface area contributed by atoms with Crippen LogP contribution in [0.25, 0.3) is 0 Å². The van der Waals surface area contributed by atoms with Crippen molar-refractivity contribution in [2.24, 2.45) is 11.3 Å². The molecule has 182 valence electrons. The highest BCUT2D eigenvalue weighted by Crippen LogP contribution is 2.57. The van der Waals surface area contributed by atoms with Crippen LogP contribution < -0.4 is 5.32 Å². The summed E-state index contributed by atoms with van der Waals surface area (Å²) in [6, 6.07) is 14.4. The zero-order valence-corrected chi connectivity index (χ0v) is 23.1. The van der Waals surface area contributed by atoms with Crippen LogP contribution in [0.3, 0.4) is 0 Å². The molecule has 2 aromatic rings. The van der Waals surface area contributed by atoms with Crippen molar-refractivity contribution in [2.45, 2.75) is 35.6 Å². The molecule has 1 aliphatic carbocycles. The Hall–Kier alpha value is -1.12. The van der Waals surface area contributed by atoms with Gasteiger partial charge in [0, 0.05) is 39.3 Å². The molecular weight excluding hydrogens is 584 g/mol. The third kappa shape index (κ3) is 4.92. The molecule has 1 fully saturated rings. The van der Waals surface area contributed by atoms with Crippen LogP contribution in [0.2, 0.25) is 10.0 Å². The average Bonchev–Trinajstić information content (AvgIpc) is 3.13. The minimum atomic E-state index is -0.586. The van der Waals surface area contributed by atoms with Crippen molar-refractivity contribution in [1.82, 2.24) is 5.32 Å². The lowest BCUT2D eigenvalue weighted by Gasteiger charge is -2.44. The Kier molecular flexibility index (Phi) is 8.62. The van der Waals surface area contributed by atoms with E-state index in [-0.39, 0.29) is 29.7 Å². The number of amides is 1. The number of alkyl halides is 1. The van der Waals surface area contributed by atoms with Crippen LogP contribution in [0.5, 0.6) is 0 Å². The SMILES string of the molecule is CC[C@@]12C=C[C@@H](c3ccc(Cl)cc3Cl)[C@H](c3ccc(CI)cc3)[C@@H]1[C@@H](COCCOC)NC2=O. The third-order valence-corrected chi connectivity index (χ3v) is 8.74. The first kappa shape index (κ1) is 26.0. The van der Waals surface area contributed by atoms with Crippen molar-refractivity contribution in [2.75, 3.05) is 26.9 Å². The summed E-state index contributed by atoms with van der Waals surface area (Å²) in [6.07, 6.45) is 5.02. The first-order chi connectivity index (χ1) is 16.4. The van der Waals surface area contributed by atoms with Gasteiger partial charge in [-0.25, -0.2) is 0 Å². The predicted molar refractivity (Wildman–Crippen MR) is 146 cm³/mol. The van der Waals surface area contributed by atoms with Crippen LogP contribution in [-0.2, 0) is 18.7 Å². The Bertz CT molecular complexity index is 1040. The number of fused-ring (bicyclic) bond motifs is 1. The summed E-state index contributed by atoms with van der Waals surface area (Å²) in [5.41, 5.74) is 2.92. The topological polar surface area (TPSA) is 47.6 Å². The Balaban J connectivity index is 1.82. The second-order valence-electron chi connectivity index (χ2n) is 9.02. The first-order valence-electron chi connectivity index (χ1n) is 11.6. The second-order valence-corrected chi connectivity index (χ2v) is 10.6. The maximum Gasteiger partial charge on any atom is 0.230 e. The van der Waals surface area contributed by atoms with E-state index in [1.807, 2.05) is 12.1 Å². The molecule has 0 unspecified atom stereocenters. The van der Waals surface area contributed by atoms with Gasteiger partial charge < -0.3 is 14.8 Å². The zero-order chi connectivity index (χ0) is 24.3. The molecule has 0 aromatic heterocycles. The van der Waals surface area contributed by atoms with Gasteiger partial charge in [-0.15, -0.1) is 0 Å². The number of ether oxygens (including phenoxy) is 2. The van der Waals surface area contributed by atoms with E-state index >= 15 is 0 Å². The molecule has 4 nitrogen and oxygen atoms in total. The van der Waals surface area contributed by atoms with Gasteiger partial charge in [-0.1, -0.05) is 95.2 Å². The maximum absolute atomic E-state index is 13.4. The molecule has 1 amide bonds. The van der Waals surface area contributed by atoms with Gasteiger partial charge in [0.25, 0.3) is 0 Å². The van der Waals surface area contributed by atoms with Gasteiger partial charge in [0.1, 0.15) is 0 Å². The van der Waals surface area contributed by atoms with Crippen LogP contribution in [-0.4, -0.2) is 38.9 Å². The summed E-state index contributed by atoms with van der Waals surface area (Å²) in [4.78, 5) is 13.4. The molecule has 0 spiro atoms. The first-order valence-corrected chi connectivity index (χ1v) is 13.9. The summed E-state index contributed by atoms with van der Waals surface area (Å²) >= 11 is 15.3. The molecule has 2 aromatic carbocycles. The number of methoxy groups -OCH3 is 1. The van der Waals surface area contributed by atoms with Gasteiger partial charge in [0.2, 0.25) is 5.91 Å². The van der Waals surface area contributed by atoms with Crippen LogP contribution in [0.15, 0.2) is 54.6 Å². The summed E-state index contributed by atoms with van der Waals surface area (Å²) in [5, 5.41) is 4.53. The molecule has 1 aliphatic heterocycles. The summed E-state index contributed by atoms with van der Waals surface area (Å²) < 4.78 is 12.0. The molecule has 34 heavy (non-hydrogen) atoms. The number of hydrogen-bond donors (Lipinski definition) is 1. The number of nitrogens with one attached hydrogen (secondary N) is 1. The van der Waals surface area contributed by atoms with Gasteiger partial charge in [-0.2, -0.15) is 0 Å². The molecule has 2 aliphatic rings. The Morgan fingerprint density at radius 1 is 1.12 bits per heavy atom. The molecule has 1 N–H and O–H groups in total. The molecule has 0 bridgehead atoms. The van der Waals surface area contributed by atoms with E-state index in [1.165, 1.54) is 11.1 Å². The summed E-state index contributed by atoms with van der Waals surface area (Å²) in [6.45, 7) is 3.55. The monoisotopic (exact) mass is 613 g/mol. The van der Waals surface area contributed by atoms with Gasteiger partial charge >= 0.3 is 0 Å². The number of halogens is 3. The van der Waals surface area contributed by atoms with Gasteiger partial charge in [0.05, 0.1) is 31.3 Å². The van der Waals surface area contributed by atoms with E-state index in [0.717, 1.165) is 16.4 Å². The van der Waals surface area contributed by atoms with Crippen molar-refractivity contribution < 1.29 is 14.3 Å². The Morgan fingerprint density at radius 3 is 2.53 bits per heavy atom. The lowest BCUT2D eigenvalue weighted by atomic mass is 9.57. The summed E-state index contributed by atoms with van der Waals surface area (Å²) in [7, 11) is 1.66. The van der Waals surface area contributed by atoms with Crippen molar-refractivity contribution in [3.63, 3.8) is 0 Å². The number of hydrogen-bond acceptors (Lipinski definition) is 3. The molecule has 0 saturated carbocycles. The number of benzene rings is 2. The predicted octanol–water partition coefficient (Wildman–Crippen LogP) is 6.54. The normalized spacial score (nSPS) is 28.1. The van der Waals surface area contributed by atoms with Crippen molar-refractivity contribution in [3.05, 3.63) is 81.4 Å². The molecule has 4 rings (SSSR count). The fourth-order valence-electron chi connectivity index (χ4n) is 5.60. The lowest BCUT2D eigenvalue weighted by Crippen LogP contribution is -2.43. The number of rotatable bonds is 9. The van der Waals surface area contributed by atoms with E-state index in [1.54, 1.807) is 13.2 Å². The average molecular weight is 614 g/mol. The molecule has 1 saturated heterocycles. The van der Waals surface area contributed by atoms with Crippen molar-refractivity contribution >= 4 is 51.7 Å². The van der Waals surface area contributed by atoms with Crippen molar-refractivity contribution in [3.8, 4) is 0 Å². The number of carbonyl (C=O) groups is 1. The van der Waals surface area contributed by atoms with Crippen LogP contribution >= 0.6 is 45.8 Å². The van der Waals surface area contributed by atoms with E-state index in [2.05, 4.69) is 71.2 Å². The second kappa shape index (κ2) is 11.3. The minimum absolute atomic E-state index is 0.00840. The highest BCUT2D eigenvalue weighted by molar-refractivity contribution is 14.1. The molecule has 7 heteroatoms. The van der Waals surface area contributed by atoms with Crippen molar-refractivity contribution in [1.29, 1.82) is 0 Å². The van der Waals surface area contributed by atoms with Crippen LogP contribution in [0.4, 0.5) is 0 Å². The number of allylic oxidation sites excluding steroid dienone is 1. The summed E-state index contributed by atoms with van der Waals surface area (Å²) in [5.74, 6) is 0.141. The largest absolute Gasteiger partial charge is 0.382 e. The molecule has 1 heterocycles. The van der Waals surface area contributed by atoms with E-state index in [9.17, 15) is 4.79 Å². The Labute approximate surface area is 225 Å². The molecule has 0 radical (unpaired) electrons. The van der Waals surface area contributed by atoms with Gasteiger partial charge in [-0.05, 0) is 35.2 Å². The minimum Gasteiger partial charge on any atom is -0.382 e. The standard InChI is InChI=1S/C27H30Cl2INO3/c1-3-27-11-10-21(20-9-8-19(28)14-22(20)29)24(18-6-4-17(15-30)5-7-18)25(27)23(31-26(27)32)16-34-13-12-33-2/h4-11,14,21,23-25H,3,12-13,15-16H2,1-2H3,(H,31,32)/t21-,23+,24-,25-,27+/m0/s1.